The number of carbonyl (C=O) groups is 2. The van der Waals surface area contributed by atoms with Crippen molar-refractivity contribution in [2.45, 2.75) is 37.7 Å². The maximum Gasteiger partial charge on any atom is 0.231 e. The van der Waals surface area contributed by atoms with Gasteiger partial charge in [-0.2, -0.15) is 0 Å². The van der Waals surface area contributed by atoms with Crippen LogP contribution < -0.4 is 15.2 Å². The first-order valence-corrected chi connectivity index (χ1v) is 12.6. The Morgan fingerprint density at radius 3 is 2.56 bits per heavy atom. The molecule has 7 nitrogen and oxygen atoms in total. The van der Waals surface area contributed by atoms with Crippen LogP contribution in [0.1, 0.15) is 48.3 Å². The van der Waals surface area contributed by atoms with Crippen molar-refractivity contribution in [3.05, 3.63) is 89.4 Å². The van der Waals surface area contributed by atoms with Gasteiger partial charge in [0.15, 0.2) is 5.78 Å². The number of aliphatic hydroxyl groups is 1. The number of Topliss-reactive ketones (excluding diaryl/α,β-unsaturated/α-hetero) is 1. The molecule has 0 saturated carbocycles. The fourth-order valence-electron chi connectivity index (χ4n) is 4.90. The molecule has 4 aromatic rings. The second-order valence-electron chi connectivity index (χ2n) is 10.3. The third kappa shape index (κ3) is 4.72. The number of hydrogen-bond acceptors (Lipinski definition) is 6. The molecule has 2 heterocycles. The Hall–Kier alpha value is -4.30. The van der Waals surface area contributed by atoms with E-state index in [-0.39, 0.29) is 30.9 Å². The van der Waals surface area contributed by atoms with Crippen LogP contribution in [0.15, 0.2) is 66.7 Å². The number of carbonyl (C=O) groups excluding carboxylic acids is 2. The monoisotopic (exact) mass is 528 g/mol. The first kappa shape index (κ1) is 26.3. The van der Waals surface area contributed by atoms with Gasteiger partial charge in [0.25, 0.3) is 0 Å². The highest BCUT2D eigenvalue weighted by atomic mass is 19.1. The number of hydrogen-bond donors (Lipinski definition) is 2. The van der Waals surface area contributed by atoms with Crippen LogP contribution in [0.25, 0.3) is 22.0 Å². The lowest BCUT2D eigenvalue weighted by Gasteiger charge is -2.26. The quantitative estimate of drug-likeness (QED) is 0.310. The molecule has 8 heteroatoms. The molecule has 0 fully saturated rings. The zero-order valence-electron chi connectivity index (χ0n) is 22.0. The smallest absolute Gasteiger partial charge is 0.231 e. The van der Waals surface area contributed by atoms with E-state index in [1.165, 1.54) is 12.1 Å². The Morgan fingerprint density at radius 1 is 1.15 bits per heavy atom. The van der Waals surface area contributed by atoms with Gasteiger partial charge in [0.05, 0.1) is 12.8 Å². The van der Waals surface area contributed by atoms with E-state index in [1.54, 1.807) is 45.2 Å². The summed E-state index contributed by atoms with van der Waals surface area (Å²) in [5.41, 5.74) is 5.18. The molecule has 2 atom stereocenters. The summed E-state index contributed by atoms with van der Waals surface area (Å²) >= 11 is 0. The van der Waals surface area contributed by atoms with Crippen molar-refractivity contribution in [3.8, 4) is 22.8 Å². The largest absolute Gasteiger partial charge is 0.496 e. The number of nitrogens with zero attached hydrogens (tertiary/aromatic N) is 1. The summed E-state index contributed by atoms with van der Waals surface area (Å²) in [5, 5.41) is 13.3. The first-order chi connectivity index (χ1) is 18.5. The molecule has 0 spiro atoms. The molecule has 0 saturated heterocycles. The molecule has 1 aliphatic heterocycles. The summed E-state index contributed by atoms with van der Waals surface area (Å²) in [6, 6.07) is 18.5. The summed E-state index contributed by atoms with van der Waals surface area (Å²) in [6.45, 7) is 3.26. The number of aromatic nitrogens is 1. The summed E-state index contributed by atoms with van der Waals surface area (Å²) in [5.74, 6) is -0.196. The van der Waals surface area contributed by atoms with Crippen molar-refractivity contribution >= 4 is 22.5 Å². The Bertz CT molecular complexity index is 1600. The van der Waals surface area contributed by atoms with E-state index in [0.29, 0.717) is 33.9 Å². The number of pyridine rings is 1. The molecule has 0 bridgehead atoms. The van der Waals surface area contributed by atoms with Crippen LogP contribution in [-0.2, 0) is 15.8 Å². The van der Waals surface area contributed by atoms with Gasteiger partial charge in [0.2, 0.25) is 5.91 Å². The summed E-state index contributed by atoms with van der Waals surface area (Å²) in [7, 11) is 1.56. The lowest BCUT2D eigenvalue weighted by atomic mass is 9.81. The fourth-order valence-corrected chi connectivity index (χ4v) is 4.90. The van der Waals surface area contributed by atoms with Crippen LogP contribution >= 0.6 is 0 Å². The first-order valence-electron chi connectivity index (χ1n) is 12.6. The molecule has 0 unspecified atom stereocenters. The molecule has 1 aromatic heterocycles. The van der Waals surface area contributed by atoms with Crippen molar-refractivity contribution in [1.82, 2.24) is 4.98 Å². The van der Waals surface area contributed by atoms with Crippen LogP contribution in [0.4, 0.5) is 4.39 Å². The maximum atomic E-state index is 13.6. The van der Waals surface area contributed by atoms with Gasteiger partial charge in [0.1, 0.15) is 40.6 Å². The number of methoxy groups -OCH3 is 1. The highest BCUT2D eigenvalue weighted by Crippen LogP contribution is 2.46. The van der Waals surface area contributed by atoms with Gasteiger partial charge < -0.3 is 20.3 Å². The normalized spacial score (nSPS) is 17.8. The second-order valence-corrected chi connectivity index (χ2v) is 10.3. The van der Waals surface area contributed by atoms with Crippen LogP contribution in [0.2, 0.25) is 0 Å². The minimum absolute atomic E-state index is 0.0153. The molecule has 1 amide bonds. The SMILES string of the molecule is COc1cc(C(=O)CC[C@](C)(O)c2cc3c(c(-c4ccc(F)cc4)n2)OC[C@]3(C)C(N)=O)cc2ccccc12. The van der Waals surface area contributed by atoms with Crippen molar-refractivity contribution in [3.63, 3.8) is 0 Å². The highest BCUT2D eigenvalue weighted by Gasteiger charge is 2.45. The summed E-state index contributed by atoms with van der Waals surface area (Å²) < 4.78 is 25.0. The molecule has 3 N–H and O–H groups in total. The number of ketones is 1. The number of primary amides is 1. The van der Waals surface area contributed by atoms with E-state index in [0.717, 1.165) is 10.8 Å². The maximum absolute atomic E-state index is 13.6. The van der Waals surface area contributed by atoms with Gasteiger partial charge in [-0.05, 0) is 68.1 Å². The standard InChI is InChI=1S/C31H29FN2O5/c1-30(29(33)36)17-39-28-23(30)16-26(34-27(28)18-8-10-21(32)11-9-18)31(2,37)13-12-24(35)20-14-19-6-4-5-7-22(19)25(15-20)38-3/h4-11,14-16,37H,12-13,17H2,1-3H3,(H2,33,36)/t30-,31-/m0/s1. The zero-order chi connectivity index (χ0) is 27.9. The van der Waals surface area contributed by atoms with Crippen molar-refractivity contribution in [2.75, 3.05) is 13.7 Å². The Balaban J connectivity index is 1.49. The molecule has 1 aliphatic rings. The number of benzene rings is 3. The minimum atomic E-state index is -1.54. The molecule has 200 valence electrons. The Kier molecular flexibility index (Phi) is 6.60. The van der Waals surface area contributed by atoms with E-state index in [2.05, 4.69) is 4.98 Å². The van der Waals surface area contributed by atoms with E-state index >= 15 is 0 Å². The van der Waals surface area contributed by atoms with E-state index in [4.69, 9.17) is 15.2 Å². The average molecular weight is 529 g/mol. The topological polar surface area (TPSA) is 112 Å². The number of rotatable bonds is 8. The van der Waals surface area contributed by atoms with Gasteiger partial charge in [-0.1, -0.05) is 24.3 Å². The van der Waals surface area contributed by atoms with E-state index in [9.17, 15) is 19.1 Å². The van der Waals surface area contributed by atoms with Crippen LogP contribution in [-0.4, -0.2) is 35.5 Å². The highest BCUT2D eigenvalue weighted by molar-refractivity contribution is 6.02. The number of fused-ring (bicyclic) bond motifs is 2. The minimum Gasteiger partial charge on any atom is -0.496 e. The number of nitrogens with two attached hydrogens (primary N) is 1. The van der Waals surface area contributed by atoms with Crippen molar-refractivity contribution < 1.29 is 28.6 Å². The van der Waals surface area contributed by atoms with Crippen LogP contribution in [0, 0.1) is 5.82 Å². The summed E-state index contributed by atoms with van der Waals surface area (Å²) in [6.07, 6.45) is 0.0898. The van der Waals surface area contributed by atoms with Crippen molar-refractivity contribution in [1.29, 1.82) is 0 Å². The molecule has 0 radical (unpaired) electrons. The number of ether oxygens (including phenoxy) is 2. The molecule has 5 rings (SSSR count). The Morgan fingerprint density at radius 2 is 1.87 bits per heavy atom. The second kappa shape index (κ2) is 9.78. The zero-order valence-corrected chi connectivity index (χ0v) is 22.0. The van der Waals surface area contributed by atoms with Gasteiger partial charge in [0, 0.05) is 28.5 Å². The van der Waals surface area contributed by atoms with Gasteiger partial charge in [-0.15, -0.1) is 0 Å². The average Bonchev–Trinajstić information content (AvgIpc) is 3.29. The third-order valence-corrected chi connectivity index (χ3v) is 7.49. The molecular formula is C31H29FN2O5. The molecule has 0 aliphatic carbocycles. The lowest BCUT2D eigenvalue weighted by molar-refractivity contribution is -0.123. The van der Waals surface area contributed by atoms with Crippen molar-refractivity contribution in [2.24, 2.45) is 5.73 Å². The molecule has 39 heavy (non-hydrogen) atoms. The van der Waals surface area contributed by atoms with Gasteiger partial charge in [-0.3, -0.25) is 9.59 Å². The van der Waals surface area contributed by atoms with E-state index < -0.39 is 22.7 Å². The van der Waals surface area contributed by atoms with E-state index in [1.807, 2.05) is 30.3 Å². The van der Waals surface area contributed by atoms with Gasteiger partial charge in [-0.25, -0.2) is 9.37 Å². The lowest BCUT2D eigenvalue weighted by Crippen LogP contribution is -2.40. The van der Waals surface area contributed by atoms with Crippen LogP contribution in [0.3, 0.4) is 0 Å². The predicted molar refractivity (Wildman–Crippen MR) is 145 cm³/mol. The third-order valence-electron chi connectivity index (χ3n) is 7.49. The Labute approximate surface area is 225 Å². The summed E-state index contributed by atoms with van der Waals surface area (Å²) in [4.78, 5) is 30.3. The van der Waals surface area contributed by atoms with Crippen LogP contribution in [0.5, 0.6) is 11.5 Å². The fraction of sp³-hybridized carbons (Fsp3) is 0.258. The number of amides is 1. The predicted octanol–water partition coefficient (Wildman–Crippen LogP) is 5.06. The molecular weight excluding hydrogens is 499 g/mol. The number of halogens is 1. The molecule has 3 aromatic carbocycles. The van der Waals surface area contributed by atoms with Gasteiger partial charge >= 0.3 is 0 Å².